The van der Waals surface area contributed by atoms with Gasteiger partial charge in [-0.2, -0.15) is 9.13 Å². The Bertz CT molecular complexity index is 1440. The minimum Gasteiger partial charge on any atom is -0.196 e. The lowest BCUT2D eigenvalue weighted by Crippen LogP contribution is -2.38. The topological polar surface area (TPSA) is 8.81 Å². The van der Waals surface area contributed by atoms with Gasteiger partial charge in [-0.25, -0.2) is 0 Å². The Balaban J connectivity index is 1.82. The molecule has 160 valence electrons. The first-order valence-electron chi connectivity index (χ1n) is 11.6. The van der Waals surface area contributed by atoms with Crippen molar-refractivity contribution in [2.24, 2.45) is 0 Å². The van der Waals surface area contributed by atoms with Gasteiger partial charge < -0.3 is 0 Å². The molecule has 0 radical (unpaired) electrons. The van der Waals surface area contributed by atoms with E-state index in [1.807, 2.05) is 0 Å². The predicted molar refractivity (Wildman–Crippen MR) is 133 cm³/mol. The molecule has 0 N–H and O–H groups in total. The maximum Gasteiger partial charge on any atom is 0.264 e. The zero-order valence-corrected chi connectivity index (χ0v) is 19.3. The molecule has 0 fully saturated rings. The second kappa shape index (κ2) is 7.31. The smallest absolute Gasteiger partial charge is 0.196 e. The molecule has 0 unspecified atom stereocenters. The molecule has 33 heavy (non-hydrogen) atoms. The highest BCUT2D eigenvalue weighted by molar-refractivity contribution is 5.65. The normalized spacial score (nSPS) is 13.5. The van der Waals surface area contributed by atoms with Crippen LogP contribution in [0.3, 0.4) is 0 Å². The average Bonchev–Trinajstić information content (AvgIpc) is 3.31. The molecule has 0 aliphatic carbocycles. The zero-order valence-electron chi connectivity index (χ0n) is 19.3. The molecule has 6 rings (SSSR count). The van der Waals surface area contributed by atoms with Crippen LogP contribution in [0, 0.1) is 20.8 Å². The summed E-state index contributed by atoms with van der Waals surface area (Å²) in [6, 6.07) is 39.5. The van der Waals surface area contributed by atoms with Crippen molar-refractivity contribution in [3.63, 3.8) is 0 Å². The Morgan fingerprint density at radius 3 is 1.79 bits per heavy atom. The van der Waals surface area contributed by atoms with Crippen LogP contribution in [-0.4, -0.2) is 4.57 Å². The molecule has 1 aliphatic rings. The van der Waals surface area contributed by atoms with Crippen LogP contribution >= 0.6 is 0 Å². The van der Waals surface area contributed by atoms with Crippen LogP contribution in [0.4, 0.5) is 0 Å². The van der Waals surface area contributed by atoms with E-state index < -0.39 is 0 Å². The quantitative estimate of drug-likeness (QED) is 0.290. The standard InChI is InChI=1S/C31H27N2/c1-22-14-10-12-20-28(22)32-23(2)30-31(25-15-6-4-7-16-25,26-17-8-5-9-18-26)27-19-11-13-21-29(27)33(30)24(32)3/h4-21H,1-3H3/q+1. The summed E-state index contributed by atoms with van der Waals surface area (Å²) < 4.78 is 4.92. The van der Waals surface area contributed by atoms with E-state index in [0.29, 0.717) is 0 Å². The summed E-state index contributed by atoms with van der Waals surface area (Å²) in [4.78, 5) is 0. The number of hydrogen-bond acceptors (Lipinski definition) is 0. The first-order valence-corrected chi connectivity index (χ1v) is 11.6. The van der Waals surface area contributed by atoms with E-state index in [4.69, 9.17) is 0 Å². The van der Waals surface area contributed by atoms with Crippen molar-refractivity contribution in [1.82, 2.24) is 4.57 Å². The van der Waals surface area contributed by atoms with Gasteiger partial charge in [0.25, 0.3) is 5.82 Å². The van der Waals surface area contributed by atoms with E-state index in [0.717, 1.165) is 0 Å². The molecule has 0 saturated heterocycles. The number of nitrogens with zero attached hydrogens (tertiary/aromatic N) is 2. The first-order chi connectivity index (χ1) is 16.2. The van der Waals surface area contributed by atoms with Crippen LogP contribution in [0.25, 0.3) is 11.4 Å². The molecule has 2 heterocycles. The third-order valence-electron chi connectivity index (χ3n) is 7.22. The number of benzene rings is 4. The predicted octanol–water partition coefficient (Wildman–Crippen LogP) is 6.38. The van der Waals surface area contributed by atoms with E-state index in [9.17, 15) is 0 Å². The van der Waals surface area contributed by atoms with Gasteiger partial charge in [0.2, 0.25) is 0 Å². The minimum atomic E-state index is -0.387. The van der Waals surface area contributed by atoms with Gasteiger partial charge in [0.15, 0.2) is 11.4 Å². The number of aromatic nitrogens is 2. The lowest BCUT2D eigenvalue weighted by Gasteiger charge is -2.30. The fraction of sp³-hybridized carbons (Fsp3) is 0.129. The Morgan fingerprint density at radius 2 is 1.15 bits per heavy atom. The summed E-state index contributed by atoms with van der Waals surface area (Å²) in [5.74, 6) is 1.22. The van der Waals surface area contributed by atoms with E-state index in [1.54, 1.807) is 0 Å². The van der Waals surface area contributed by atoms with E-state index >= 15 is 0 Å². The minimum absolute atomic E-state index is 0.387. The average molecular weight is 428 g/mol. The molecule has 0 spiro atoms. The van der Waals surface area contributed by atoms with E-state index in [2.05, 4.69) is 139 Å². The summed E-state index contributed by atoms with van der Waals surface area (Å²) in [6.07, 6.45) is 0. The van der Waals surface area contributed by atoms with Crippen LogP contribution in [0.2, 0.25) is 0 Å². The fourth-order valence-electron chi connectivity index (χ4n) is 5.92. The first kappa shape index (κ1) is 19.8. The lowest BCUT2D eigenvalue weighted by atomic mass is 9.68. The van der Waals surface area contributed by atoms with Gasteiger partial charge in [-0.3, -0.25) is 0 Å². The van der Waals surface area contributed by atoms with Gasteiger partial charge >= 0.3 is 0 Å². The highest BCUT2D eigenvalue weighted by Crippen LogP contribution is 2.50. The van der Waals surface area contributed by atoms with Gasteiger partial charge in [0.1, 0.15) is 16.8 Å². The number of hydrogen-bond donors (Lipinski definition) is 0. The molecule has 1 aliphatic heterocycles. The van der Waals surface area contributed by atoms with E-state index in [-0.39, 0.29) is 5.41 Å². The Kier molecular flexibility index (Phi) is 4.38. The van der Waals surface area contributed by atoms with Crippen molar-refractivity contribution in [1.29, 1.82) is 0 Å². The molecule has 2 heteroatoms. The number of imidazole rings is 1. The van der Waals surface area contributed by atoms with Crippen molar-refractivity contribution in [2.45, 2.75) is 26.2 Å². The third-order valence-corrected chi connectivity index (χ3v) is 7.22. The molecule has 4 aromatic carbocycles. The van der Waals surface area contributed by atoms with Gasteiger partial charge in [0.05, 0.1) is 0 Å². The lowest BCUT2D eigenvalue weighted by molar-refractivity contribution is -0.605. The number of aryl methyl sites for hydroxylation is 1. The van der Waals surface area contributed by atoms with Crippen molar-refractivity contribution >= 4 is 0 Å². The van der Waals surface area contributed by atoms with Gasteiger partial charge in [-0.1, -0.05) is 97.1 Å². The summed E-state index contributed by atoms with van der Waals surface area (Å²) >= 11 is 0. The molecule has 5 aromatic rings. The summed E-state index contributed by atoms with van der Waals surface area (Å²) in [5, 5.41) is 0. The van der Waals surface area contributed by atoms with Crippen molar-refractivity contribution in [3.8, 4) is 11.4 Å². The van der Waals surface area contributed by atoms with Crippen LogP contribution in [-0.2, 0) is 5.41 Å². The van der Waals surface area contributed by atoms with Crippen molar-refractivity contribution in [3.05, 3.63) is 149 Å². The summed E-state index contributed by atoms with van der Waals surface area (Å²) in [5.41, 5.74) is 9.89. The molecular formula is C31H27N2+. The maximum absolute atomic E-state index is 2.48. The molecular weight excluding hydrogens is 400 g/mol. The molecule has 1 aromatic heterocycles. The highest BCUT2D eigenvalue weighted by atomic mass is 15.2. The molecule has 0 bridgehead atoms. The monoisotopic (exact) mass is 427 g/mol. The summed E-state index contributed by atoms with van der Waals surface area (Å²) in [6.45, 7) is 6.71. The molecule has 0 amide bonds. The van der Waals surface area contributed by atoms with Crippen LogP contribution in [0.1, 0.15) is 39.5 Å². The Labute approximate surface area is 195 Å². The third kappa shape index (κ3) is 2.58. The van der Waals surface area contributed by atoms with E-state index in [1.165, 1.54) is 50.8 Å². The zero-order chi connectivity index (χ0) is 22.6. The SMILES string of the molecule is Cc1ccccc1-n1c(C)c2[n+](c1C)-c1ccccc1C2(c1ccccc1)c1ccccc1. The molecule has 0 atom stereocenters. The fourth-order valence-corrected chi connectivity index (χ4v) is 5.92. The maximum atomic E-state index is 2.48. The Hall–Kier alpha value is -3.91. The Morgan fingerprint density at radius 1 is 0.606 bits per heavy atom. The summed E-state index contributed by atoms with van der Waals surface area (Å²) in [7, 11) is 0. The largest absolute Gasteiger partial charge is 0.264 e. The second-order valence-corrected chi connectivity index (χ2v) is 8.94. The second-order valence-electron chi connectivity index (χ2n) is 8.94. The van der Waals surface area contributed by atoms with Crippen LogP contribution in [0.5, 0.6) is 0 Å². The van der Waals surface area contributed by atoms with Crippen LogP contribution in [0.15, 0.2) is 109 Å². The number of rotatable bonds is 3. The molecule has 2 nitrogen and oxygen atoms in total. The number of para-hydroxylation sites is 2. The van der Waals surface area contributed by atoms with Gasteiger partial charge in [-0.05, 0) is 35.7 Å². The number of fused-ring (bicyclic) bond motifs is 3. The van der Waals surface area contributed by atoms with Crippen molar-refractivity contribution < 1.29 is 4.57 Å². The molecule has 0 saturated carbocycles. The van der Waals surface area contributed by atoms with Crippen molar-refractivity contribution in [2.75, 3.05) is 0 Å². The van der Waals surface area contributed by atoms with Crippen LogP contribution < -0.4 is 4.57 Å². The van der Waals surface area contributed by atoms with Gasteiger partial charge in [-0.15, -0.1) is 0 Å². The van der Waals surface area contributed by atoms with Gasteiger partial charge in [0, 0.05) is 19.4 Å². The highest BCUT2D eigenvalue weighted by Gasteiger charge is 2.54.